The minimum atomic E-state index is -0.473. The number of aryl methyl sites for hydroxylation is 1. The summed E-state index contributed by atoms with van der Waals surface area (Å²) in [5, 5.41) is 7.14. The Bertz CT molecular complexity index is 1220. The number of fused-ring (bicyclic) bond motifs is 2. The summed E-state index contributed by atoms with van der Waals surface area (Å²) in [4.78, 5) is 23.1. The van der Waals surface area contributed by atoms with Gasteiger partial charge in [-0.15, -0.1) is 11.3 Å². The molecule has 1 aliphatic rings. The van der Waals surface area contributed by atoms with Gasteiger partial charge in [0.15, 0.2) is 11.5 Å². The van der Waals surface area contributed by atoms with Crippen LogP contribution in [0.4, 0.5) is 10.1 Å². The summed E-state index contributed by atoms with van der Waals surface area (Å²) < 4.78 is 15.8. The number of hydrogen-bond acceptors (Lipinski definition) is 5. The molecule has 2 N–H and O–H groups in total. The molecule has 0 aliphatic carbocycles. The van der Waals surface area contributed by atoms with Gasteiger partial charge in [-0.25, -0.2) is 14.4 Å². The molecule has 0 saturated carbocycles. The molecule has 1 atom stereocenters. The number of hydrogen-bond donors (Lipinski definition) is 2. The van der Waals surface area contributed by atoms with Crippen LogP contribution in [-0.4, -0.2) is 33.4 Å². The molecule has 4 aromatic heterocycles. The molecule has 8 heteroatoms. The second kappa shape index (κ2) is 7.20. The van der Waals surface area contributed by atoms with Gasteiger partial charge in [-0.05, 0) is 38.4 Å². The molecular weight excluding hydrogens is 389 g/mol. The van der Waals surface area contributed by atoms with Crippen molar-refractivity contribution < 1.29 is 9.18 Å². The van der Waals surface area contributed by atoms with Crippen molar-refractivity contribution in [2.45, 2.75) is 25.7 Å². The second-order valence-electron chi connectivity index (χ2n) is 7.43. The largest absolute Gasteiger partial charge is 0.320 e. The van der Waals surface area contributed by atoms with Gasteiger partial charge in [0, 0.05) is 42.0 Å². The summed E-state index contributed by atoms with van der Waals surface area (Å²) in [5.41, 5.74) is 2.42. The Balaban J connectivity index is 1.40. The third-order valence-electron chi connectivity index (χ3n) is 5.23. The zero-order valence-corrected chi connectivity index (χ0v) is 16.7. The summed E-state index contributed by atoms with van der Waals surface area (Å²) in [6, 6.07) is 7.21. The van der Waals surface area contributed by atoms with E-state index in [1.54, 1.807) is 23.7 Å². The quantitative estimate of drug-likeness (QED) is 0.534. The van der Waals surface area contributed by atoms with Crippen molar-refractivity contribution in [1.82, 2.24) is 19.7 Å². The van der Waals surface area contributed by atoms with Crippen molar-refractivity contribution in [3.8, 4) is 0 Å². The number of nitrogens with one attached hydrogen (secondary N) is 2. The Labute approximate surface area is 170 Å². The lowest BCUT2D eigenvalue weighted by Crippen LogP contribution is -2.28. The monoisotopic (exact) mass is 409 g/mol. The van der Waals surface area contributed by atoms with Gasteiger partial charge in [0.25, 0.3) is 5.91 Å². The topological polar surface area (TPSA) is 71.3 Å². The number of piperidine rings is 1. The van der Waals surface area contributed by atoms with Gasteiger partial charge in [0.2, 0.25) is 0 Å². The Hall–Kier alpha value is -2.84. The average Bonchev–Trinajstić information content (AvgIpc) is 3.31. The zero-order chi connectivity index (χ0) is 20.0. The van der Waals surface area contributed by atoms with Crippen LogP contribution < -0.4 is 10.6 Å². The maximum Gasteiger partial charge on any atom is 0.265 e. The van der Waals surface area contributed by atoms with Crippen LogP contribution in [0.3, 0.4) is 0 Å². The van der Waals surface area contributed by atoms with Gasteiger partial charge in [0.1, 0.15) is 4.83 Å². The molecule has 1 amide bonds. The molecule has 0 spiro atoms. The van der Waals surface area contributed by atoms with E-state index in [0.29, 0.717) is 22.2 Å². The number of rotatable bonds is 3. The smallest absolute Gasteiger partial charge is 0.265 e. The fraction of sp³-hybridized carbons (Fsp3) is 0.286. The van der Waals surface area contributed by atoms with Gasteiger partial charge in [-0.1, -0.05) is 6.07 Å². The highest BCUT2D eigenvalue weighted by molar-refractivity contribution is 7.20. The number of aromatic nitrogens is 3. The molecule has 1 fully saturated rings. The van der Waals surface area contributed by atoms with E-state index in [4.69, 9.17) is 4.98 Å². The Morgan fingerprint density at radius 1 is 1.31 bits per heavy atom. The highest BCUT2D eigenvalue weighted by Crippen LogP contribution is 2.29. The fourth-order valence-electron chi connectivity index (χ4n) is 3.82. The van der Waals surface area contributed by atoms with Crippen LogP contribution >= 0.6 is 11.3 Å². The van der Waals surface area contributed by atoms with Crippen LogP contribution in [0, 0.1) is 12.7 Å². The lowest BCUT2D eigenvalue weighted by atomic mass is 9.95. The third kappa shape index (κ3) is 3.49. The number of halogens is 1. The first-order chi connectivity index (χ1) is 14.1. The molecular formula is C21H20FN5OS. The molecule has 0 radical (unpaired) electrons. The molecule has 5 heterocycles. The SMILES string of the molecule is Cc1cn2cc(NC(=O)c3cc4ccc([C@H]5CCCNC5)nc4s3)cc(F)c2n1. The molecule has 0 unspecified atom stereocenters. The van der Waals surface area contributed by atoms with Crippen molar-refractivity contribution in [2.24, 2.45) is 0 Å². The van der Waals surface area contributed by atoms with Gasteiger partial charge in [-0.3, -0.25) is 4.79 Å². The molecule has 1 aliphatic heterocycles. The molecule has 148 valence electrons. The van der Waals surface area contributed by atoms with Crippen molar-refractivity contribution in [1.29, 1.82) is 0 Å². The lowest BCUT2D eigenvalue weighted by molar-refractivity contribution is 0.103. The molecule has 6 nitrogen and oxygen atoms in total. The maximum atomic E-state index is 14.3. The Morgan fingerprint density at radius 3 is 3.03 bits per heavy atom. The number of imidazole rings is 1. The van der Waals surface area contributed by atoms with E-state index in [1.165, 1.54) is 17.4 Å². The van der Waals surface area contributed by atoms with Gasteiger partial charge < -0.3 is 15.0 Å². The molecule has 1 saturated heterocycles. The minimum Gasteiger partial charge on any atom is -0.320 e. The summed E-state index contributed by atoms with van der Waals surface area (Å²) in [6.45, 7) is 3.80. The van der Waals surface area contributed by atoms with Gasteiger partial charge >= 0.3 is 0 Å². The van der Waals surface area contributed by atoms with Crippen LogP contribution in [0.1, 0.15) is 39.8 Å². The van der Waals surface area contributed by atoms with E-state index in [-0.39, 0.29) is 11.6 Å². The fourth-order valence-corrected chi connectivity index (χ4v) is 4.75. The van der Waals surface area contributed by atoms with Crippen molar-refractivity contribution in [3.63, 3.8) is 0 Å². The van der Waals surface area contributed by atoms with E-state index >= 15 is 0 Å². The van der Waals surface area contributed by atoms with Gasteiger partial charge in [0.05, 0.1) is 16.3 Å². The molecule has 0 bridgehead atoms. The predicted molar refractivity (Wildman–Crippen MR) is 112 cm³/mol. The van der Waals surface area contributed by atoms with Crippen molar-refractivity contribution in [3.05, 3.63) is 58.7 Å². The number of thiophene rings is 1. The van der Waals surface area contributed by atoms with Crippen LogP contribution in [0.5, 0.6) is 0 Å². The van der Waals surface area contributed by atoms with Crippen molar-refractivity contribution in [2.75, 3.05) is 18.4 Å². The van der Waals surface area contributed by atoms with E-state index in [2.05, 4.69) is 21.7 Å². The van der Waals surface area contributed by atoms with E-state index in [0.717, 1.165) is 41.8 Å². The maximum absolute atomic E-state index is 14.3. The lowest BCUT2D eigenvalue weighted by Gasteiger charge is -2.22. The summed E-state index contributed by atoms with van der Waals surface area (Å²) in [6.07, 6.45) is 5.67. The van der Waals surface area contributed by atoms with Crippen molar-refractivity contribution >= 4 is 38.8 Å². The standard InChI is InChI=1S/C21H20FN5OS/c1-12-10-27-11-15(8-16(22)19(27)24-12)25-20(28)18-7-13-4-5-17(26-21(13)29-18)14-3-2-6-23-9-14/h4-5,7-8,10-11,14,23H,2-3,6,9H2,1H3,(H,25,28)/t14-/m0/s1. The van der Waals surface area contributed by atoms with Gasteiger partial charge in [-0.2, -0.15) is 0 Å². The average molecular weight is 409 g/mol. The number of anilines is 1. The summed E-state index contributed by atoms with van der Waals surface area (Å²) in [7, 11) is 0. The third-order valence-corrected chi connectivity index (χ3v) is 6.27. The van der Waals surface area contributed by atoms with E-state index in [1.807, 2.05) is 12.1 Å². The van der Waals surface area contributed by atoms with Crippen LogP contribution in [0.2, 0.25) is 0 Å². The predicted octanol–water partition coefficient (Wildman–Crippen LogP) is 4.11. The zero-order valence-electron chi connectivity index (χ0n) is 15.9. The molecule has 4 aromatic rings. The second-order valence-corrected chi connectivity index (χ2v) is 8.46. The minimum absolute atomic E-state index is 0.247. The summed E-state index contributed by atoms with van der Waals surface area (Å²) in [5.74, 6) is -0.329. The first-order valence-corrected chi connectivity index (χ1v) is 10.5. The van der Waals surface area contributed by atoms with Crippen LogP contribution in [-0.2, 0) is 0 Å². The number of carbonyl (C=O) groups is 1. The Kier molecular flexibility index (Phi) is 4.52. The number of carbonyl (C=O) groups excluding carboxylic acids is 1. The highest BCUT2D eigenvalue weighted by Gasteiger charge is 2.18. The first-order valence-electron chi connectivity index (χ1n) is 9.64. The number of pyridine rings is 2. The highest BCUT2D eigenvalue weighted by atomic mass is 32.1. The van der Waals surface area contributed by atoms with E-state index < -0.39 is 5.82 Å². The van der Waals surface area contributed by atoms with Crippen LogP contribution in [0.25, 0.3) is 15.9 Å². The number of nitrogens with zero attached hydrogens (tertiary/aromatic N) is 3. The molecule has 29 heavy (non-hydrogen) atoms. The Morgan fingerprint density at radius 2 is 2.21 bits per heavy atom. The number of amides is 1. The normalized spacial score (nSPS) is 17.1. The first kappa shape index (κ1) is 18.2. The summed E-state index contributed by atoms with van der Waals surface area (Å²) >= 11 is 1.36. The van der Waals surface area contributed by atoms with Crippen LogP contribution in [0.15, 0.2) is 36.7 Å². The molecule has 0 aromatic carbocycles. The van der Waals surface area contributed by atoms with E-state index in [9.17, 15) is 9.18 Å². The molecule has 5 rings (SSSR count).